The van der Waals surface area contributed by atoms with Crippen molar-refractivity contribution < 1.29 is 13.2 Å². The molecule has 0 radical (unpaired) electrons. The van der Waals surface area contributed by atoms with Crippen LogP contribution in [0.1, 0.15) is 11.1 Å². The van der Waals surface area contributed by atoms with Gasteiger partial charge in [-0.1, -0.05) is 12.1 Å². The van der Waals surface area contributed by atoms with Crippen LogP contribution in [-0.2, 0) is 12.7 Å². The fraction of sp³-hybridized carbons (Fsp3) is 0.400. The first-order chi connectivity index (χ1) is 10.4. The number of nitrogens with one attached hydrogen (secondary N) is 2. The lowest BCUT2D eigenvalue weighted by Gasteiger charge is -2.16. The second-order valence-electron chi connectivity index (χ2n) is 5.18. The number of aromatic nitrogens is 2. The van der Waals surface area contributed by atoms with Gasteiger partial charge in [-0.05, 0) is 26.2 Å². The van der Waals surface area contributed by atoms with E-state index < -0.39 is 11.7 Å². The molecule has 1 heterocycles. The van der Waals surface area contributed by atoms with Crippen molar-refractivity contribution in [3.63, 3.8) is 0 Å². The van der Waals surface area contributed by atoms with E-state index in [0.29, 0.717) is 17.8 Å². The first-order valence-electron chi connectivity index (χ1n) is 6.95. The Bertz CT molecular complexity index is 607. The number of nitrogens with zero attached hydrogens (tertiary/aromatic N) is 2. The van der Waals surface area contributed by atoms with Crippen LogP contribution in [0.25, 0.3) is 11.3 Å². The maximum atomic E-state index is 12.8. The van der Waals surface area contributed by atoms with Crippen molar-refractivity contribution >= 4 is 0 Å². The van der Waals surface area contributed by atoms with Crippen LogP contribution < -0.4 is 5.32 Å². The van der Waals surface area contributed by atoms with Gasteiger partial charge in [0.25, 0.3) is 0 Å². The van der Waals surface area contributed by atoms with Gasteiger partial charge in [0, 0.05) is 37.0 Å². The Morgan fingerprint density at radius 1 is 1.32 bits per heavy atom. The summed E-state index contributed by atoms with van der Waals surface area (Å²) < 4.78 is 38.4. The van der Waals surface area contributed by atoms with Gasteiger partial charge in [0.2, 0.25) is 0 Å². The molecular formula is C15H19F3N4. The summed E-state index contributed by atoms with van der Waals surface area (Å²) in [5, 5.41) is 9.91. The second-order valence-corrected chi connectivity index (χ2v) is 5.18. The average Bonchev–Trinajstić information content (AvgIpc) is 2.92. The molecule has 2 aromatic rings. The summed E-state index contributed by atoms with van der Waals surface area (Å²) >= 11 is 0. The van der Waals surface area contributed by atoms with Gasteiger partial charge in [-0.25, -0.2) is 0 Å². The molecule has 0 amide bonds. The van der Waals surface area contributed by atoms with Crippen molar-refractivity contribution in [1.29, 1.82) is 0 Å². The minimum Gasteiger partial charge on any atom is -0.318 e. The standard InChI is InChI=1S/C15H19F3N4/c1-19-6-7-22(2)10-12-9-20-21-14(12)11-4-3-5-13(8-11)15(16,17)18/h3-5,8-9,19H,6-7,10H2,1-2H3,(H,20,21). The Hall–Kier alpha value is -1.86. The SMILES string of the molecule is CNCCN(C)Cc1c[nH]nc1-c1cccc(C(F)(F)F)c1. The van der Waals surface area contributed by atoms with E-state index in [1.54, 1.807) is 12.3 Å². The number of alkyl halides is 3. The third-order valence-electron chi connectivity index (χ3n) is 3.37. The fourth-order valence-electron chi connectivity index (χ4n) is 2.20. The van der Waals surface area contributed by atoms with Crippen LogP contribution in [0.2, 0.25) is 0 Å². The summed E-state index contributed by atoms with van der Waals surface area (Å²) in [5.41, 5.74) is 1.23. The third kappa shape index (κ3) is 4.08. The zero-order valence-electron chi connectivity index (χ0n) is 12.5. The average molecular weight is 312 g/mol. The lowest BCUT2D eigenvalue weighted by Crippen LogP contribution is -2.27. The topological polar surface area (TPSA) is 44.0 Å². The van der Waals surface area contributed by atoms with E-state index in [9.17, 15) is 13.2 Å². The van der Waals surface area contributed by atoms with Crippen LogP contribution in [0.4, 0.5) is 13.2 Å². The molecule has 7 heteroatoms. The summed E-state index contributed by atoms with van der Waals surface area (Å²) in [4.78, 5) is 2.08. The Kier molecular flexibility index (Phi) is 5.20. The van der Waals surface area contributed by atoms with Gasteiger partial charge >= 0.3 is 6.18 Å². The smallest absolute Gasteiger partial charge is 0.318 e. The van der Waals surface area contributed by atoms with Crippen LogP contribution in [0.5, 0.6) is 0 Å². The quantitative estimate of drug-likeness (QED) is 0.862. The molecule has 0 unspecified atom stereocenters. The van der Waals surface area contributed by atoms with E-state index in [-0.39, 0.29) is 0 Å². The monoisotopic (exact) mass is 312 g/mol. The van der Waals surface area contributed by atoms with Gasteiger partial charge in [-0.2, -0.15) is 18.3 Å². The summed E-state index contributed by atoms with van der Waals surface area (Å²) in [6.07, 6.45) is -2.62. The zero-order chi connectivity index (χ0) is 16.2. The lowest BCUT2D eigenvalue weighted by molar-refractivity contribution is -0.137. The van der Waals surface area contributed by atoms with E-state index in [0.717, 1.165) is 30.8 Å². The van der Waals surface area contributed by atoms with Gasteiger partial charge in [-0.15, -0.1) is 0 Å². The van der Waals surface area contributed by atoms with Crippen molar-refractivity contribution in [2.24, 2.45) is 0 Å². The molecule has 0 bridgehead atoms. The minimum absolute atomic E-state index is 0.466. The first-order valence-corrected chi connectivity index (χ1v) is 6.95. The van der Waals surface area contributed by atoms with Crippen molar-refractivity contribution in [1.82, 2.24) is 20.4 Å². The Labute approximate surface area is 127 Å². The normalized spacial score (nSPS) is 12.1. The molecule has 0 aliphatic carbocycles. The Morgan fingerprint density at radius 2 is 2.09 bits per heavy atom. The number of likely N-dealkylation sites (N-methyl/N-ethyl adjacent to an activating group) is 2. The van der Waals surface area contributed by atoms with Crippen LogP contribution in [0.3, 0.4) is 0 Å². The summed E-state index contributed by atoms with van der Waals surface area (Å²) in [6.45, 7) is 2.29. The van der Waals surface area contributed by atoms with Gasteiger partial charge in [0.15, 0.2) is 0 Å². The predicted octanol–water partition coefficient (Wildman–Crippen LogP) is 2.75. The molecule has 0 aliphatic rings. The van der Waals surface area contributed by atoms with Crippen molar-refractivity contribution in [3.8, 4) is 11.3 Å². The van der Waals surface area contributed by atoms with Crippen LogP contribution in [0, 0.1) is 0 Å². The van der Waals surface area contributed by atoms with E-state index in [1.165, 1.54) is 6.07 Å². The summed E-state index contributed by atoms with van der Waals surface area (Å²) in [5.74, 6) is 0. The number of hydrogen-bond acceptors (Lipinski definition) is 3. The molecule has 1 aromatic heterocycles. The minimum atomic E-state index is -4.35. The highest BCUT2D eigenvalue weighted by Crippen LogP contribution is 2.32. The summed E-state index contributed by atoms with van der Waals surface area (Å²) in [6, 6.07) is 5.24. The number of H-pyrrole nitrogens is 1. The fourth-order valence-corrected chi connectivity index (χ4v) is 2.20. The predicted molar refractivity (Wildman–Crippen MR) is 79.3 cm³/mol. The molecular weight excluding hydrogens is 293 g/mol. The Morgan fingerprint density at radius 3 is 2.77 bits per heavy atom. The molecule has 0 spiro atoms. The zero-order valence-corrected chi connectivity index (χ0v) is 12.5. The second kappa shape index (κ2) is 6.93. The molecule has 2 N–H and O–H groups in total. The first kappa shape index (κ1) is 16.5. The largest absolute Gasteiger partial charge is 0.416 e. The molecule has 22 heavy (non-hydrogen) atoms. The van der Waals surface area contributed by atoms with Gasteiger partial charge in [0.05, 0.1) is 11.3 Å². The highest BCUT2D eigenvalue weighted by atomic mass is 19.4. The van der Waals surface area contributed by atoms with E-state index in [1.807, 2.05) is 14.1 Å². The van der Waals surface area contributed by atoms with Crippen molar-refractivity contribution in [3.05, 3.63) is 41.6 Å². The number of aromatic amines is 1. The van der Waals surface area contributed by atoms with Crippen LogP contribution in [0.15, 0.2) is 30.5 Å². The molecule has 4 nitrogen and oxygen atoms in total. The van der Waals surface area contributed by atoms with Crippen molar-refractivity contribution in [2.45, 2.75) is 12.7 Å². The van der Waals surface area contributed by atoms with Crippen LogP contribution >= 0.6 is 0 Å². The van der Waals surface area contributed by atoms with Gasteiger partial charge < -0.3 is 10.2 Å². The number of rotatable bonds is 6. The van der Waals surface area contributed by atoms with Crippen LogP contribution in [-0.4, -0.2) is 42.3 Å². The maximum Gasteiger partial charge on any atom is 0.416 e. The van der Waals surface area contributed by atoms with Gasteiger partial charge in [0.1, 0.15) is 0 Å². The third-order valence-corrected chi connectivity index (χ3v) is 3.37. The highest BCUT2D eigenvalue weighted by Gasteiger charge is 2.30. The van der Waals surface area contributed by atoms with Gasteiger partial charge in [-0.3, -0.25) is 5.10 Å². The number of benzene rings is 1. The van der Waals surface area contributed by atoms with Crippen molar-refractivity contribution in [2.75, 3.05) is 27.2 Å². The molecule has 0 saturated carbocycles. The molecule has 0 saturated heterocycles. The molecule has 0 aliphatic heterocycles. The number of hydrogen-bond donors (Lipinski definition) is 2. The molecule has 1 aromatic carbocycles. The Balaban J connectivity index is 2.22. The maximum absolute atomic E-state index is 12.8. The summed E-state index contributed by atoms with van der Waals surface area (Å²) in [7, 11) is 3.83. The molecule has 2 rings (SSSR count). The number of halogens is 3. The van der Waals surface area contributed by atoms with E-state index in [4.69, 9.17) is 0 Å². The lowest BCUT2D eigenvalue weighted by atomic mass is 10.0. The molecule has 120 valence electrons. The van der Waals surface area contributed by atoms with E-state index in [2.05, 4.69) is 20.4 Å². The highest BCUT2D eigenvalue weighted by molar-refractivity contribution is 5.63. The molecule has 0 atom stereocenters. The molecule has 0 fully saturated rings. The van der Waals surface area contributed by atoms with E-state index >= 15 is 0 Å².